The lowest BCUT2D eigenvalue weighted by Crippen LogP contribution is -1.94. The van der Waals surface area contributed by atoms with Gasteiger partial charge in [0.05, 0.1) is 16.4 Å². The molecule has 5 heteroatoms. The van der Waals surface area contributed by atoms with Gasteiger partial charge in [-0.05, 0) is 30.3 Å². The van der Waals surface area contributed by atoms with Crippen molar-refractivity contribution in [2.24, 2.45) is 0 Å². The molecule has 0 unspecified atom stereocenters. The lowest BCUT2D eigenvalue weighted by molar-refractivity contribution is 0.653. The second-order valence-electron chi connectivity index (χ2n) is 8.04. The van der Waals surface area contributed by atoms with Crippen molar-refractivity contribution >= 4 is 55.5 Å². The van der Waals surface area contributed by atoms with Crippen molar-refractivity contribution < 1.29 is 4.42 Å². The molecule has 0 fully saturated rings. The zero-order chi connectivity index (χ0) is 21.9. The third-order valence-electron chi connectivity index (χ3n) is 6.14. The van der Waals surface area contributed by atoms with Crippen LogP contribution in [0.25, 0.3) is 61.0 Å². The standard InChI is InChI=1S/C28H16ClN3O/c29-26-25-21-11-5-7-13-24(21)33-28(25)31-27(30-26)17-14-15-20-19-10-4-6-12-22(19)32(23(20)16-17)18-8-2-1-3-9-18/h1-16H. The van der Waals surface area contributed by atoms with Gasteiger partial charge in [0.2, 0.25) is 5.71 Å². The maximum absolute atomic E-state index is 6.63. The van der Waals surface area contributed by atoms with E-state index in [-0.39, 0.29) is 0 Å². The van der Waals surface area contributed by atoms with Gasteiger partial charge >= 0.3 is 0 Å². The average molecular weight is 446 g/mol. The molecule has 7 aromatic rings. The van der Waals surface area contributed by atoms with Crippen molar-refractivity contribution in [2.75, 3.05) is 0 Å². The van der Waals surface area contributed by atoms with E-state index in [0.29, 0.717) is 16.7 Å². The maximum Gasteiger partial charge on any atom is 0.232 e. The van der Waals surface area contributed by atoms with E-state index in [1.807, 2.05) is 36.4 Å². The van der Waals surface area contributed by atoms with E-state index in [9.17, 15) is 0 Å². The summed E-state index contributed by atoms with van der Waals surface area (Å²) in [6.07, 6.45) is 0. The van der Waals surface area contributed by atoms with Crippen LogP contribution in [0.4, 0.5) is 0 Å². The summed E-state index contributed by atoms with van der Waals surface area (Å²) in [7, 11) is 0. The Hall–Kier alpha value is -4.15. The van der Waals surface area contributed by atoms with Crippen LogP contribution in [0.15, 0.2) is 101 Å². The van der Waals surface area contributed by atoms with Gasteiger partial charge in [-0.25, -0.2) is 4.98 Å². The lowest BCUT2D eigenvalue weighted by atomic mass is 10.1. The Morgan fingerprint density at radius 1 is 0.667 bits per heavy atom. The molecule has 0 saturated carbocycles. The molecule has 0 aliphatic carbocycles. The van der Waals surface area contributed by atoms with Gasteiger partial charge in [0, 0.05) is 27.4 Å². The first-order chi connectivity index (χ1) is 16.3. The Balaban J connectivity index is 1.51. The Morgan fingerprint density at radius 3 is 2.27 bits per heavy atom. The normalized spacial score (nSPS) is 11.8. The molecular formula is C28H16ClN3O. The van der Waals surface area contributed by atoms with Gasteiger partial charge in [0.1, 0.15) is 10.7 Å². The minimum Gasteiger partial charge on any atom is -0.438 e. The van der Waals surface area contributed by atoms with Crippen LogP contribution in [0.1, 0.15) is 0 Å². The van der Waals surface area contributed by atoms with E-state index in [2.05, 4.69) is 70.2 Å². The second-order valence-corrected chi connectivity index (χ2v) is 8.39. The number of benzene rings is 4. The number of fused-ring (bicyclic) bond motifs is 6. The highest BCUT2D eigenvalue weighted by Gasteiger charge is 2.17. The number of hydrogen-bond acceptors (Lipinski definition) is 3. The predicted molar refractivity (Wildman–Crippen MR) is 134 cm³/mol. The SMILES string of the molecule is Clc1nc(-c2ccc3c4ccccc4n(-c4ccccc4)c3c2)nc2oc3ccccc3c12. The van der Waals surface area contributed by atoms with E-state index in [0.717, 1.165) is 38.6 Å². The highest BCUT2D eigenvalue weighted by molar-refractivity contribution is 6.36. The topological polar surface area (TPSA) is 43.9 Å². The van der Waals surface area contributed by atoms with Gasteiger partial charge in [-0.3, -0.25) is 0 Å². The minimum absolute atomic E-state index is 0.392. The summed E-state index contributed by atoms with van der Waals surface area (Å²) in [6, 6.07) is 32.9. The second kappa shape index (κ2) is 6.92. The van der Waals surface area contributed by atoms with E-state index >= 15 is 0 Å². The number of nitrogens with zero attached hydrogens (tertiary/aromatic N) is 3. The van der Waals surface area contributed by atoms with Crippen LogP contribution in [-0.2, 0) is 0 Å². The highest BCUT2D eigenvalue weighted by atomic mass is 35.5. The number of hydrogen-bond donors (Lipinski definition) is 0. The summed E-state index contributed by atoms with van der Waals surface area (Å²) in [5.41, 5.74) is 5.47. The third kappa shape index (κ3) is 2.71. The van der Waals surface area contributed by atoms with Crippen molar-refractivity contribution in [3.63, 3.8) is 0 Å². The van der Waals surface area contributed by atoms with Gasteiger partial charge in [-0.1, -0.05) is 78.3 Å². The zero-order valence-electron chi connectivity index (χ0n) is 17.4. The summed E-state index contributed by atoms with van der Waals surface area (Å²) >= 11 is 6.63. The van der Waals surface area contributed by atoms with E-state index in [4.69, 9.17) is 21.0 Å². The number of para-hydroxylation sites is 3. The van der Waals surface area contributed by atoms with Crippen LogP contribution >= 0.6 is 11.6 Å². The first kappa shape index (κ1) is 18.4. The smallest absolute Gasteiger partial charge is 0.232 e. The Kier molecular flexibility index (Phi) is 3.87. The fourth-order valence-electron chi connectivity index (χ4n) is 4.67. The van der Waals surface area contributed by atoms with Gasteiger partial charge in [-0.15, -0.1) is 0 Å². The number of aromatic nitrogens is 3. The van der Waals surface area contributed by atoms with Gasteiger partial charge in [0.25, 0.3) is 0 Å². The molecule has 3 heterocycles. The number of furan rings is 1. The molecule has 0 radical (unpaired) electrons. The van der Waals surface area contributed by atoms with Crippen molar-refractivity contribution in [3.8, 4) is 17.1 Å². The van der Waals surface area contributed by atoms with Crippen molar-refractivity contribution in [1.29, 1.82) is 0 Å². The molecule has 0 spiro atoms. The lowest BCUT2D eigenvalue weighted by Gasteiger charge is -2.08. The quantitative estimate of drug-likeness (QED) is 0.255. The van der Waals surface area contributed by atoms with Crippen molar-refractivity contribution in [2.45, 2.75) is 0 Å². The fourth-order valence-corrected chi connectivity index (χ4v) is 4.94. The molecule has 3 aromatic heterocycles. The van der Waals surface area contributed by atoms with Crippen LogP contribution in [0.3, 0.4) is 0 Å². The maximum atomic E-state index is 6.63. The molecule has 156 valence electrons. The predicted octanol–water partition coefficient (Wildman–Crippen LogP) is 7.79. The Bertz CT molecular complexity index is 1830. The van der Waals surface area contributed by atoms with Crippen LogP contribution in [0, 0.1) is 0 Å². The highest BCUT2D eigenvalue weighted by Crippen LogP contribution is 2.36. The molecule has 0 amide bonds. The molecule has 0 bridgehead atoms. The van der Waals surface area contributed by atoms with Crippen LogP contribution < -0.4 is 0 Å². The van der Waals surface area contributed by atoms with Crippen LogP contribution in [0.5, 0.6) is 0 Å². The largest absolute Gasteiger partial charge is 0.438 e. The van der Waals surface area contributed by atoms with Gasteiger partial charge < -0.3 is 8.98 Å². The molecule has 0 saturated heterocycles. The zero-order valence-corrected chi connectivity index (χ0v) is 18.1. The summed E-state index contributed by atoms with van der Waals surface area (Å²) in [5.74, 6) is 0.540. The van der Waals surface area contributed by atoms with E-state index in [1.165, 1.54) is 10.8 Å². The first-order valence-corrected chi connectivity index (χ1v) is 11.1. The molecule has 0 atom stereocenters. The summed E-state index contributed by atoms with van der Waals surface area (Å²) < 4.78 is 8.26. The molecular weight excluding hydrogens is 430 g/mol. The summed E-state index contributed by atoms with van der Waals surface area (Å²) in [6.45, 7) is 0. The first-order valence-electron chi connectivity index (χ1n) is 10.7. The molecule has 0 N–H and O–H groups in total. The van der Waals surface area contributed by atoms with E-state index in [1.54, 1.807) is 0 Å². The number of halogens is 1. The van der Waals surface area contributed by atoms with Gasteiger partial charge in [0.15, 0.2) is 5.82 Å². The Morgan fingerprint density at radius 2 is 1.39 bits per heavy atom. The summed E-state index contributed by atoms with van der Waals surface area (Å²) in [4.78, 5) is 9.38. The molecule has 4 nitrogen and oxygen atoms in total. The third-order valence-corrected chi connectivity index (χ3v) is 6.41. The van der Waals surface area contributed by atoms with Crippen molar-refractivity contribution in [1.82, 2.24) is 14.5 Å². The number of rotatable bonds is 2. The molecule has 33 heavy (non-hydrogen) atoms. The molecule has 0 aliphatic rings. The van der Waals surface area contributed by atoms with Crippen molar-refractivity contribution in [3.05, 3.63) is 102 Å². The Labute approximate surface area is 193 Å². The van der Waals surface area contributed by atoms with Gasteiger partial charge in [-0.2, -0.15) is 4.98 Å². The fraction of sp³-hybridized carbons (Fsp3) is 0. The van der Waals surface area contributed by atoms with Crippen LogP contribution in [-0.4, -0.2) is 14.5 Å². The minimum atomic E-state index is 0.392. The monoisotopic (exact) mass is 445 g/mol. The summed E-state index contributed by atoms with van der Waals surface area (Å²) in [5, 5.41) is 4.44. The molecule has 0 aliphatic heterocycles. The van der Waals surface area contributed by atoms with Crippen LogP contribution in [0.2, 0.25) is 5.15 Å². The van der Waals surface area contributed by atoms with E-state index < -0.39 is 0 Å². The molecule has 7 rings (SSSR count). The molecule has 4 aromatic carbocycles. The average Bonchev–Trinajstić information content (AvgIpc) is 3.40.